The molecule has 0 aromatic heterocycles. The molecule has 0 N–H and O–H groups in total. The number of hydrogen-bond acceptors (Lipinski definition) is 0. The molecule has 12 rings (SSSR count). The van der Waals surface area contributed by atoms with Crippen LogP contribution in [-0.4, -0.2) is 0 Å². The minimum absolute atomic E-state index is 0. The Hall–Kier alpha value is 0. The summed E-state index contributed by atoms with van der Waals surface area (Å²) in [6, 6.07) is 0. The summed E-state index contributed by atoms with van der Waals surface area (Å²) in [5.74, 6) is 16.4. The Morgan fingerprint density at radius 1 is 0.302 bits per heavy atom. The highest BCUT2D eigenvalue weighted by molar-refractivity contribution is 5.02. The number of hydrogen-bond donors (Lipinski definition) is 0. The van der Waals surface area contributed by atoms with Crippen molar-refractivity contribution < 1.29 is 0 Å². The fourth-order valence-corrected chi connectivity index (χ4v) is 29.0. The van der Waals surface area contributed by atoms with Crippen LogP contribution >= 0.6 is 0 Å². The van der Waals surface area contributed by atoms with Crippen LogP contribution in [0.3, 0.4) is 0 Å². The summed E-state index contributed by atoms with van der Waals surface area (Å²) < 4.78 is 0. The number of rotatable bonds is 5. The first-order chi connectivity index (χ1) is 43.6. The molecule has 0 heterocycles. The Morgan fingerprint density at radius 3 is 0.830 bits per heavy atom. The molecular weight excluding hydrogens is 1270 g/mol. The second kappa shape index (κ2) is 43.8. The zero-order chi connectivity index (χ0) is 74.7. The predicted octanol–water partition coefficient (Wildman–Crippen LogP) is 38.5. The van der Waals surface area contributed by atoms with Crippen LogP contribution in [0.15, 0.2) is 0 Å². The first-order valence-corrected chi connectivity index (χ1v) is 43.6. The molecule has 0 nitrogen and oxygen atoms in total. The fraction of sp³-hybridized carbons (Fsp3) is 1.00. The summed E-state index contributed by atoms with van der Waals surface area (Å²) in [6.07, 6.45) is 42.1. The van der Waals surface area contributed by atoms with E-state index in [-0.39, 0.29) is 66.8 Å². The molecule has 0 aliphatic heterocycles. The molecule has 12 saturated carbocycles. The van der Waals surface area contributed by atoms with Crippen LogP contribution in [-0.2, 0) is 0 Å². The van der Waals surface area contributed by atoms with Crippen LogP contribution in [0.4, 0.5) is 0 Å². The smallest absolute Gasteiger partial charge is 0.0288 e. The molecule has 10 atom stereocenters. The van der Waals surface area contributed by atoms with Gasteiger partial charge in [-0.1, -0.05) is 362 Å². The molecular formula is C106H224. The zero-order valence-corrected chi connectivity index (χ0v) is 74.7. The quantitative estimate of drug-likeness (QED) is 0.257. The molecule has 12 aliphatic carbocycles. The molecule has 12 fully saturated rings. The van der Waals surface area contributed by atoms with Crippen LogP contribution in [0.1, 0.15) is 516 Å². The van der Waals surface area contributed by atoms with E-state index in [0.29, 0.717) is 75.8 Å². The monoisotopic (exact) mass is 1500 g/mol. The normalized spacial score (nSPS) is 32.9. The van der Waals surface area contributed by atoms with Crippen molar-refractivity contribution in [3.05, 3.63) is 0 Å². The highest BCUT2D eigenvalue weighted by Gasteiger charge is 2.52. The van der Waals surface area contributed by atoms with E-state index in [4.69, 9.17) is 0 Å². The van der Waals surface area contributed by atoms with Crippen molar-refractivity contribution in [1.29, 1.82) is 0 Å². The van der Waals surface area contributed by atoms with E-state index in [2.05, 4.69) is 263 Å². The number of fused-ring (bicyclic) bond motifs is 6. The van der Waals surface area contributed by atoms with Crippen LogP contribution < -0.4 is 0 Å². The van der Waals surface area contributed by atoms with Gasteiger partial charge in [-0.25, -0.2) is 0 Å². The first kappa shape index (κ1) is 117. The molecule has 106 heavy (non-hydrogen) atoms. The van der Waals surface area contributed by atoms with Crippen LogP contribution in [0, 0.1) is 170 Å². The van der Waals surface area contributed by atoms with Crippen molar-refractivity contribution in [3.8, 4) is 0 Å². The Kier molecular flexibility index (Phi) is 48.3. The third kappa shape index (κ3) is 33.3. The Morgan fingerprint density at radius 2 is 0.623 bits per heavy atom. The molecule has 6 bridgehead atoms. The molecule has 0 radical (unpaired) electrons. The van der Waals surface area contributed by atoms with Crippen LogP contribution in [0.2, 0.25) is 0 Å². The maximum Gasteiger partial charge on any atom is -0.0288 e. The average Bonchev–Trinajstić information content (AvgIpc) is 1.54. The Balaban J connectivity index is -0.000000263. The summed E-state index contributed by atoms with van der Waals surface area (Å²) in [5, 5.41) is 0. The van der Waals surface area contributed by atoms with Crippen molar-refractivity contribution >= 4 is 0 Å². The second-order valence-electron chi connectivity index (χ2n) is 49.1. The lowest BCUT2D eigenvalue weighted by atomic mass is 9.56. The maximum atomic E-state index is 2.46. The van der Waals surface area contributed by atoms with Crippen LogP contribution in [0.5, 0.6) is 0 Å². The largest absolute Gasteiger partial charge is 0.0776 e. The van der Waals surface area contributed by atoms with Gasteiger partial charge < -0.3 is 0 Å². The summed E-state index contributed by atoms with van der Waals surface area (Å²) >= 11 is 0. The van der Waals surface area contributed by atoms with Crippen molar-refractivity contribution in [2.45, 2.75) is 516 Å². The first-order valence-electron chi connectivity index (χ1n) is 43.6. The van der Waals surface area contributed by atoms with Gasteiger partial charge in [-0.05, 0) is 325 Å². The van der Waals surface area contributed by atoms with Crippen LogP contribution in [0.25, 0.3) is 0 Å². The fourth-order valence-electron chi connectivity index (χ4n) is 29.0. The van der Waals surface area contributed by atoms with Gasteiger partial charge in [0.15, 0.2) is 0 Å². The molecule has 0 spiro atoms. The van der Waals surface area contributed by atoms with Crippen molar-refractivity contribution in [2.75, 3.05) is 0 Å². The standard InChI is InChI=1S/3C12H24.3C11H22.C10H18.2C9H16.9CH4/c1-10(2)7-11(3,4)9-12(5,6)8-10;1-9(2)10-11(3,4)7-8-12(10,5)6;1-6-10-7-11(2,3)9-12(4,5)8-10;1-9-6-10(2,3)8-11(4,5)7-9;1-6-9-7-10(2,3)11(4,5)8-9;1-6-9-10(2,3)7-8-11(9,4)5;1-7-8-4-5-9(6-8)10(7,2)3;1-6-7(2)9-4-3-8(6)5-9;1-2-8-5-7-3-4-9(8)6-7;;;;;;;;;/h7-9H2,1-6H3;9-10H,7-8H2,1-6H3;10H,6-9H2,1-5H3;3*9H,6-8H2,1-5H3;7-9H,4-6H2,1-3H3;6-9H,3-5H2,1-2H3;7-9H,2-6H2,1H3;9*1H4/t;;;;;;7-,8?,9?;6-,7?,8?,9?;;;;;;;;;;/m......10........../s1. The highest BCUT2D eigenvalue weighted by atomic mass is 14.6. The predicted molar refractivity (Wildman–Crippen MR) is 500 cm³/mol. The minimum Gasteiger partial charge on any atom is -0.0776 e. The lowest BCUT2D eigenvalue weighted by Gasteiger charge is -2.49. The van der Waals surface area contributed by atoms with Crippen molar-refractivity contribution in [3.63, 3.8) is 0 Å². The van der Waals surface area contributed by atoms with Gasteiger partial charge >= 0.3 is 0 Å². The van der Waals surface area contributed by atoms with Gasteiger partial charge in [-0.2, -0.15) is 0 Å². The van der Waals surface area contributed by atoms with Gasteiger partial charge in [0.25, 0.3) is 0 Å². The summed E-state index contributed by atoms with van der Waals surface area (Å²) in [5.41, 5.74) is 8.10. The Labute approximate surface area is 682 Å². The van der Waals surface area contributed by atoms with Gasteiger partial charge in [-0.3, -0.25) is 0 Å². The van der Waals surface area contributed by atoms with E-state index in [1.165, 1.54) is 154 Å². The lowest BCUT2D eigenvalue weighted by Crippen LogP contribution is -2.38. The summed E-state index contributed by atoms with van der Waals surface area (Å²) in [7, 11) is 0. The van der Waals surface area contributed by atoms with Gasteiger partial charge in [0.05, 0.1) is 0 Å². The van der Waals surface area contributed by atoms with Crippen molar-refractivity contribution in [2.24, 2.45) is 170 Å². The lowest BCUT2D eigenvalue weighted by molar-refractivity contribution is 0.0202. The SMILES string of the molecule is C.C.C.C.C.C.C.C.C.CC(C)C1C(C)(C)CCC1(C)C.CC1(C)CC(C)(C)CC(C)(C)C1.CC1C2CCC(C2)[C@H]1C.CC1CC(C)(C)CC(C)(C)C1.CCC1C(C)(C)CCC1(C)C.CCC1CC(C)(C)C(C)(C)C1.CCC1CC(C)(C)CC(C)(C)C1.CCC1CC2CCC1C2.C[C@@H]1C2CCC(C2)C1(C)C. The average molecular weight is 1500 g/mol. The van der Waals surface area contributed by atoms with E-state index >= 15 is 0 Å². The molecule has 648 valence electrons. The second-order valence-corrected chi connectivity index (χ2v) is 49.1. The Bertz CT molecular complexity index is 2150. The molecule has 8 unspecified atom stereocenters. The van der Waals surface area contributed by atoms with E-state index < -0.39 is 0 Å². The van der Waals surface area contributed by atoms with Gasteiger partial charge in [0, 0.05) is 0 Å². The molecule has 12 aliphatic rings. The van der Waals surface area contributed by atoms with E-state index in [1.807, 2.05) is 0 Å². The zero-order valence-electron chi connectivity index (χ0n) is 74.7. The van der Waals surface area contributed by atoms with E-state index in [1.54, 1.807) is 32.1 Å². The molecule has 0 saturated heterocycles. The highest BCUT2D eigenvalue weighted by Crippen LogP contribution is 2.61. The third-order valence-electron chi connectivity index (χ3n) is 32.0. The van der Waals surface area contributed by atoms with Gasteiger partial charge in [0.2, 0.25) is 0 Å². The van der Waals surface area contributed by atoms with E-state index in [0.717, 1.165) is 94.7 Å². The van der Waals surface area contributed by atoms with E-state index in [9.17, 15) is 0 Å². The summed E-state index contributed by atoms with van der Waals surface area (Å²) in [6.45, 7) is 91.7. The topological polar surface area (TPSA) is 0 Å². The van der Waals surface area contributed by atoms with Gasteiger partial charge in [0.1, 0.15) is 0 Å². The molecule has 0 aromatic carbocycles. The molecule has 0 heteroatoms. The summed E-state index contributed by atoms with van der Waals surface area (Å²) in [4.78, 5) is 0. The third-order valence-corrected chi connectivity index (χ3v) is 32.0. The van der Waals surface area contributed by atoms with Gasteiger partial charge in [-0.15, -0.1) is 0 Å². The molecule has 0 aromatic rings. The van der Waals surface area contributed by atoms with Crippen molar-refractivity contribution in [1.82, 2.24) is 0 Å². The minimum atomic E-state index is 0. The molecule has 0 amide bonds. The maximum absolute atomic E-state index is 2.46.